The lowest BCUT2D eigenvalue weighted by atomic mass is 9.83. The molecule has 0 aliphatic heterocycles. The molecule has 6 heteroatoms. The third kappa shape index (κ3) is 6.69. The molecule has 1 aromatic rings. The number of aliphatic imine (C=N–C) groups is 1. The van der Waals surface area contributed by atoms with E-state index in [1.54, 1.807) is 0 Å². The van der Waals surface area contributed by atoms with E-state index in [0.29, 0.717) is 12.6 Å². The summed E-state index contributed by atoms with van der Waals surface area (Å²) in [6.45, 7) is 4.98. The molecule has 0 radical (unpaired) electrons. The van der Waals surface area contributed by atoms with Gasteiger partial charge in [-0.3, -0.25) is 4.99 Å². The summed E-state index contributed by atoms with van der Waals surface area (Å²) in [7, 11) is 1.82. The lowest BCUT2D eigenvalue weighted by molar-refractivity contribution is 0.294. The number of nitrogens with one attached hydrogen (secondary N) is 2. The van der Waals surface area contributed by atoms with Crippen LogP contribution >= 0.6 is 24.0 Å². The molecule has 1 aliphatic carbocycles. The summed E-state index contributed by atoms with van der Waals surface area (Å²) in [5.74, 6) is 2.64. The van der Waals surface area contributed by atoms with Gasteiger partial charge in [0, 0.05) is 19.2 Å². The molecule has 0 saturated heterocycles. The van der Waals surface area contributed by atoms with Crippen LogP contribution in [-0.2, 0) is 13.0 Å². The molecule has 132 valence electrons. The van der Waals surface area contributed by atoms with Crippen molar-refractivity contribution in [3.8, 4) is 0 Å². The van der Waals surface area contributed by atoms with Gasteiger partial charge in [0.2, 0.25) is 0 Å². The monoisotopic (exact) mass is 434 g/mol. The Kier molecular flexibility index (Phi) is 9.59. The van der Waals surface area contributed by atoms with Crippen molar-refractivity contribution in [1.82, 2.24) is 15.8 Å². The Morgan fingerprint density at radius 3 is 2.61 bits per heavy atom. The van der Waals surface area contributed by atoms with Crippen molar-refractivity contribution in [2.75, 3.05) is 7.05 Å². The van der Waals surface area contributed by atoms with E-state index in [1.807, 2.05) is 13.1 Å². The number of hydrogen-bond donors (Lipinski definition) is 2. The Morgan fingerprint density at radius 1 is 1.30 bits per heavy atom. The minimum atomic E-state index is 0. The van der Waals surface area contributed by atoms with Gasteiger partial charge in [-0.25, -0.2) is 0 Å². The molecule has 0 unspecified atom stereocenters. The van der Waals surface area contributed by atoms with Gasteiger partial charge in [0.25, 0.3) is 0 Å². The number of aromatic nitrogens is 1. The highest BCUT2D eigenvalue weighted by molar-refractivity contribution is 14.0. The van der Waals surface area contributed by atoms with Gasteiger partial charge in [0.1, 0.15) is 0 Å². The molecule has 1 aromatic heterocycles. The van der Waals surface area contributed by atoms with E-state index < -0.39 is 0 Å². The number of guanidine groups is 1. The molecule has 2 rings (SSSR count). The summed E-state index contributed by atoms with van der Waals surface area (Å²) >= 11 is 0. The smallest absolute Gasteiger partial charge is 0.191 e. The summed E-state index contributed by atoms with van der Waals surface area (Å²) in [6.07, 6.45) is 8.75. The van der Waals surface area contributed by atoms with Crippen molar-refractivity contribution in [2.24, 2.45) is 10.9 Å². The number of aryl methyl sites for hydroxylation is 1. The first kappa shape index (κ1) is 20.3. The van der Waals surface area contributed by atoms with Gasteiger partial charge in [0.15, 0.2) is 11.7 Å². The van der Waals surface area contributed by atoms with Crippen molar-refractivity contribution in [3.63, 3.8) is 0 Å². The minimum absolute atomic E-state index is 0. The zero-order valence-electron chi connectivity index (χ0n) is 14.6. The Morgan fingerprint density at radius 2 is 2.04 bits per heavy atom. The standard InChI is InChI=1S/C17H30N4O.HI/c1-4-6-13-7-9-15(10-8-13)20-17(18-3)19-12-16-11-14(5-2)21-22-16;/h11,13,15H,4-10,12H2,1-3H3,(H2,18,19,20);1H. The molecule has 1 saturated carbocycles. The summed E-state index contributed by atoms with van der Waals surface area (Å²) in [5.41, 5.74) is 0.994. The van der Waals surface area contributed by atoms with Crippen LogP contribution in [0.4, 0.5) is 0 Å². The molecular weight excluding hydrogens is 403 g/mol. The second-order valence-corrected chi connectivity index (χ2v) is 6.21. The average Bonchev–Trinajstić information content (AvgIpc) is 3.01. The zero-order chi connectivity index (χ0) is 15.8. The molecule has 23 heavy (non-hydrogen) atoms. The summed E-state index contributed by atoms with van der Waals surface area (Å²) in [5, 5.41) is 10.9. The van der Waals surface area contributed by atoms with Crippen LogP contribution in [0.5, 0.6) is 0 Å². The Labute approximate surface area is 157 Å². The van der Waals surface area contributed by atoms with Crippen molar-refractivity contribution in [1.29, 1.82) is 0 Å². The van der Waals surface area contributed by atoms with Crippen LogP contribution < -0.4 is 10.6 Å². The molecule has 0 bridgehead atoms. The fourth-order valence-corrected chi connectivity index (χ4v) is 3.17. The third-order valence-electron chi connectivity index (χ3n) is 4.51. The molecule has 1 fully saturated rings. The second kappa shape index (κ2) is 10.9. The van der Waals surface area contributed by atoms with Crippen molar-refractivity contribution in [3.05, 3.63) is 17.5 Å². The van der Waals surface area contributed by atoms with E-state index in [1.165, 1.54) is 38.5 Å². The SMILES string of the molecule is CCCC1CCC(NC(=NC)NCc2cc(CC)no2)CC1.I. The number of hydrogen-bond acceptors (Lipinski definition) is 3. The van der Waals surface area contributed by atoms with E-state index in [0.717, 1.165) is 29.8 Å². The normalized spacial score (nSPS) is 21.6. The first-order valence-electron chi connectivity index (χ1n) is 8.66. The van der Waals surface area contributed by atoms with Crippen LogP contribution in [0.2, 0.25) is 0 Å². The van der Waals surface area contributed by atoms with Crippen molar-refractivity contribution >= 4 is 29.9 Å². The van der Waals surface area contributed by atoms with Crippen LogP contribution in [-0.4, -0.2) is 24.2 Å². The van der Waals surface area contributed by atoms with E-state index in [4.69, 9.17) is 4.52 Å². The predicted octanol–water partition coefficient (Wildman–Crippen LogP) is 3.88. The lowest BCUT2D eigenvalue weighted by Gasteiger charge is -2.30. The van der Waals surface area contributed by atoms with Gasteiger partial charge in [0.05, 0.1) is 12.2 Å². The van der Waals surface area contributed by atoms with E-state index >= 15 is 0 Å². The number of rotatable bonds is 6. The largest absolute Gasteiger partial charge is 0.359 e. The summed E-state index contributed by atoms with van der Waals surface area (Å²) < 4.78 is 5.29. The second-order valence-electron chi connectivity index (χ2n) is 6.21. The van der Waals surface area contributed by atoms with Crippen LogP contribution in [0.15, 0.2) is 15.6 Å². The fraction of sp³-hybridized carbons (Fsp3) is 0.765. The summed E-state index contributed by atoms with van der Waals surface area (Å²) in [4.78, 5) is 4.31. The highest BCUT2D eigenvalue weighted by Crippen LogP contribution is 2.27. The van der Waals surface area contributed by atoms with Gasteiger partial charge in [-0.15, -0.1) is 24.0 Å². The quantitative estimate of drug-likeness (QED) is 0.405. The van der Waals surface area contributed by atoms with Gasteiger partial charge >= 0.3 is 0 Å². The van der Waals surface area contributed by atoms with E-state index in [2.05, 4.69) is 34.6 Å². The minimum Gasteiger partial charge on any atom is -0.359 e. The maximum atomic E-state index is 5.29. The van der Waals surface area contributed by atoms with Crippen molar-refractivity contribution in [2.45, 2.75) is 71.4 Å². The Hall–Kier alpha value is -0.790. The molecule has 0 spiro atoms. The van der Waals surface area contributed by atoms with Gasteiger partial charge in [-0.05, 0) is 38.0 Å². The number of nitrogens with zero attached hydrogens (tertiary/aromatic N) is 2. The van der Waals surface area contributed by atoms with Gasteiger partial charge in [-0.2, -0.15) is 0 Å². The molecule has 0 aromatic carbocycles. The third-order valence-corrected chi connectivity index (χ3v) is 4.51. The average molecular weight is 434 g/mol. The molecule has 1 heterocycles. The van der Waals surface area contributed by atoms with Crippen molar-refractivity contribution < 1.29 is 4.52 Å². The maximum absolute atomic E-state index is 5.29. The lowest BCUT2D eigenvalue weighted by Crippen LogP contribution is -2.44. The van der Waals surface area contributed by atoms with E-state index in [9.17, 15) is 0 Å². The van der Waals surface area contributed by atoms with Gasteiger partial charge < -0.3 is 15.2 Å². The molecule has 5 nitrogen and oxygen atoms in total. The highest BCUT2D eigenvalue weighted by Gasteiger charge is 2.21. The topological polar surface area (TPSA) is 62.5 Å². The van der Waals surface area contributed by atoms with Crippen LogP contribution in [0.3, 0.4) is 0 Å². The predicted molar refractivity (Wildman–Crippen MR) is 105 cm³/mol. The zero-order valence-corrected chi connectivity index (χ0v) is 16.9. The Bertz CT molecular complexity index is 467. The van der Waals surface area contributed by atoms with Gasteiger partial charge in [-0.1, -0.05) is 31.8 Å². The molecule has 0 amide bonds. The molecular formula is C17H31IN4O. The van der Waals surface area contributed by atoms with Crippen LogP contribution in [0, 0.1) is 5.92 Å². The highest BCUT2D eigenvalue weighted by atomic mass is 127. The molecule has 1 aliphatic rings. The molecule has 2 N–H and O–H groups in total. The van der Waals surface area contributed by atoms with E-state index in [-0.39, 0.29) is 24.0 Å². The fourth-order valence-electron chi connectivity index (χ4n) is 3.17. The first-order valence-corrected chi connectivity index (χ1v) is 8.66. The number of halogens is 1. The maximum Gasteiger partial charge on any atom is 0.191 e. The Balaban J connectivity index is 0.00000264. The summed E-state index contributed by atoms with van der Waals surface area (Å²) in [6, 6.07) is 2.54. The first-order chi connectivity index (χ1) is 10.7. The molecule has 0 atom stereocenters. The van der Waals surface area contributed by atoms with Crippen LogP contribution in [0.25, 0.3) is 0 Å². The van der Waals surface area contributed by atoms with Crippen LogP contribution in [0.1, 0.15) is 63.8 Å².